The fourth-order valence-corrected chi connectivity index (χ4v) is 5.21. The van der Waals surface area contributed by atoms with E-state index in [-0.39, 0.29) is 35.4 Å². The number of rotatable bonds is 8. The third-order valence-electron chi connectivity index (χ3n) is 5.14. The molecule has 0 atom stereocenters. The van der Waals surface area contributed by atoms with Crippen LogP contribution in [0.15, 0.2) is 51.8 Å². The van der Waals surface area contributed by atoms with E-state index in [9.17, 15) is 18.0 Å². The number of hydrogen-bond donors (Lipinski definition) is 2. The lowest BCUT2D eigenvalue weighted by atomic mass is 10.2. The van der Waals surface area contributed by atoms with Crippen LogP contribution in [0.3, 0.4) is 0 Å². The number of nitrogens with one attached hydrogen (secondary N) is 2. The summed E-state index contributed by atoms with van der Waals surface area (Å²) in [5, 5.41) is 5.39. The van der Waals surface area contributed by atoms with Gasteiger partial charge in [0, 0.05) is 36.1 Å². The maximum atomic E-state index is 12.9. The van der Waals surface area contributed by atoms with Gasteiger partial charge in [0.05, 0.1) is 17.7 Å². The Morgan fingerprint density at radius 1 is 1.06 bits per heavy atom. The highest BCUT2D eigenvalue weighted by Crippen LogP contribution is 2.30. The van der Waals surface area contributed by atoms with Crippen molar-refractivity contribution >= 4 is 43.5 Å². The lowest BCUT2D eigenvalue weighted by Crippen LogP contribution is -2.35. The van der Waals surface area contributed by atoms with Gasteiger partial charge < -0.3 is 15.4 Å². The van der Waals surface area contributed by atoms with E-state index in [1.807, 2.05) is 0 Å². The number of amides is 2. The summed E-state index contributed by atoms with van der Waals surface area (Å²) in [6, 6.07) is 11.3. The molecule has 0 saturated carbocycles. The van der Waals surface area contributed by atoms with E-state index in [4.69, 9.17) is 4.74 Å². The molecule has 1 saturated heterocycles. The van der Waals surface area contributed by atoms with Crippen LogP contribution in [0.5, 0.6) is 5.75 Å². The van der Waals surface area contributed by atoms with Crippen molar-refractivity contribution in [2.45, 2.75) is 30.6 Å². The molecule has 2 amide bonds. The molecule has 32 heavy (non-hydrogen) atoms. The Hall–Kier alpha value is -2.43. The number of piperidine rings is 1. The molecule has 3 rings (SSSR count). The zero-order chi connectivity index (χ0) is 23.1. The lowest BCUT2D eigenvalue weighted by molar-refractivity contribution is -0.116. The van der Waals surface area contributed by atoms with Crippen LogP contribution in [0.25, 0.3) is 0 Å². The first-order valence-corrected chi connectivity index (χ1v) is 12.6. The highest BCUT2D eigenvalue weighted by atomic mass is 79.9. The summed E-state index contributed by atoms with van der Waals surface area (Å²) < 4.78 is 33.5. The van der Waals surface area contributed by atoms with E-state index in [0.29, 0.717) is 24.4 Å². The molecule has 1 heterocycles. The fourth-order valence-electron chi connectivity index (χ4n) is 3.41. The quantitative estimate of drug-likeness (QED) is 0.551. The Morgan fingerprint density at radius 2 is 1.75 bits per heavy atom. The molecule has 2 aromatic carbocycles. The smallest absolute Gasteiger partial charge is 0.251 e. The third-order valence-corrected chi connectivity index (χ3v) is 7.57. The van der Waals surface area contributed by atoms with Gasteiger partial charge in [-0.2, -0.15) is 4.31 Å². The Kier molecular flexibility index (Phi) is 8.27. The molecule has 2 N–H and O–H groups in total. The van der Waals surface area contributed by atoms with Gasteiger partial charge in [0.15, 0.2) is 0 Å². The number of anilines is 1. The van der Waals surface area contributed by atoms with Crippen molar-refractivity contribution in [3.63, 3.8) is 0 Å². The number of ether oxygens (including phenoxy) is 1. The molecular weight excluding hydrogens is 498 g/mol. The molecule has 1 aliphatic heterocycles. The first-order chi connectivity index (χ1) is 15.3. The van der Waals surface area contributed by atoms with Gasteiger partial charge in [-0.3, -0.25) is 9.59 Å². The molecule has 1 fully saturated rings. The number of methoxy groups -OCH3 is 1. The molecule has 172 valence electrons. The monoisotopic (exact) mass is 523 g/mol. The predicted molar refractivity (Wildman–Crippen MR) is 125 cm³/mol. The van der Waals surface area contributed by atoms with Crippen LogP contribution >= 0.6 is 15.9 Å². The van der Waals surface area contributed by atoms with E-state index in [2.05, 4.69) is 26.6 Å². The second kappa shape index (κ2) is 10.9. The number of benzene rings is 2. The largest absolute Gasteiger partial charge is 0.495 e. The standard InChI is InChI=1S/C22H26BrN3O5S/c1-31-20-10-9-18(32(29,30)26-13-3-2-4-14-26)15-19(20)25-21(27)11-12-24-22(28)16-5-7-17(23)8-6-16/h5-10,15H,2-4,11-14H2,1H3,(H,24,28)(H,25,27). The van der Waals surface area contributed by atoms with E-state index >= 15 is 0 Å². The second-order valence-corrected chi connectivity index (χ2v) is 10.2. The summed E-state index contributed by atoms with van der Waals surface area (Å²) in [5.74, 6) is -0.292. The van der Waals surface area contributed by atoms with Gasteiger partial charge in [0.2, 0.25) is 15.9 Å². The van der Waals surface area contributed by atoms with Crippen molar-refractivity contribution in [1.29, 1.82) is 0 Å². The van der Waals surface area contributed by atoms with Crippen molar-refractivity contribution in [2.24, 2.45) is 0 Å². The Morgan fingerprint density at radius 3 is 2.41 bits per heavy atom. The van der Waals surface area contributed by atoms with Gasteiger partial charge in [0.25, 0.3) is 5.91 Å². The van der Waals surface area contributed by atoms with E-state index in [1.165, 1.54) is 29.6 Å². The number of nitrogens with zero attached hydrogens (tertiary/aromatic N) is 1. The molecular formula is C22H26BrN3O5S. The zero-order valence-electron chi connectivity index (χ0n) is 17.8. The molecule has 0 radical (unpaired) electrons. The first kappa shape index (κ1) is 24.2. The van der Waals surface area contributed by atoms with Crippen LogP contribution in [0.2, 0.25) is 0 Å². The van der Waals surface area contributed by atoms with Crippen molar-refractivity contribution < 1.29 is 22.7 Å². The van der Waals surface area contributed by atoms with E-state index in [1.54, 1.807) is 24.3 Å². The first-order valence-electron chi connectivity index (χ1n) is 10.3. The molecule has 0 aromatic heterocycles. The van der Waals surface area contributed by atoms with Gasteiger partial charge in [0.1, 0.15) is 5.75 Å². The molecule has 0 bridgehead atoms. The summed E-state index contributed by atoms with van der Waals surface area (Å²) in [7, 11) is -2.19. The molecule has 2 aromatic rings. The van der Waals surface area contributed by atoms with Crippen LogP contribution in [0.1, 0.15) is 36.0 Å². The fraction of sp³-hybridized carbons (Fsp3) is 0.364. The number of halogens is 1. The average Bonchev–Trinajstić information content (AvgIpc) is 2.80. The van der Waals surface area contributed by atoms with Crippen molar-refractivity contribution in [3.8, 4) is 5.75 Å². The minimum absolute atomic E-state index is 0.0223. The van der Waals surface area contributed by atoms with Gasteiger partial charge in [-0.15, -0.1) is 0 Å². The molecule has 0 spiro atoms. The zero-order valence-corrected chi connectivity index (χ0v) is 20.2. The minimum atomic E-state index is -3.64. The summed E-state index contributed by atoms with van der Waals surface area (Å²) in [6.07, 6.45) is 2.72. The number of sulfonamides is 1. The Bertz CT molecular complexity index is 1070. The Balaban J connectivity index is 1.62. The highest BCUT2D eigenvalue weighted by molar-refractivity contribution is 9.10. The van der Waals surface area contributed by atoms with Crippen LogP contribution < -0.4 is 15.4 Å². The predicted octanol–water partition coefficient (Wildman–Crippen LogP) is 3.39. The maximum absolute atomic E-state index is 12.9. The maximum Gasteiger partial charge on any atom is 0.251 e. The van der Waals surface area contributed by atoms with Gasteiger partial charge in [-0.1, -0.05) is 22.4 Å². The second-order valence-electron chi connectivity index (χ2n) is 7.39. The van der Waals surface area contributed by atoms with Crippen molar-refractivity contribution in [3.05, 3.63) is 52.5 Å². The molecule has 1 aliphatic rings. The molecule has 0 unspecified atom stereocenters. The van der Waals surface area contributed by atoms with Gasteiger partial charge in [-0.05, 0) is 55.3 Å². The van der Waals surface area contributed by atoms with Gasteiger partial charge >= 0.3 is 0 Å². The normalized spacial score (nSPS) is 14.6. The third kappa shape index (κ3) is 6.08. The van der Waals surface area contributed by atoms with Crippen molar-refractivity contribution in [1.82, 2.24) is 9.62 Å². The van der Waals surface area contributed by atoms with Crippen LogP contribution in [0, 0.1) is 0 Å². The number of carbonyl (C=O) groups is 2. The summed E-state index contributed by atoms with van der Waals surface area (Å²) >= 11 is 3.31. The number of carbonyl (C=O) groups excluding carboxylic acids is 2. The molecule has 0 aliphatic carbocycles. The topological polar surface area (TPSA) is 105 Å². The van der Waals surface area contributed by atoms with Crippen LogP contribution in [-0.4, -0.2) is 51.3 Å². The minimum Gasteiger partial charge on any atom is -0.495 e. The summed E-state index contributed by atoms with van der Waals surface area (Å²) in [5.41, 5.74) is 0.765. The van der Waals surface area contributed by atoms with Gasteiger partial charge in [-0.25, -0.2) is 8.42 Å². The number of hydrogen-bond acceptors (Lipinski definition) is 5. The highest BCUT2D eigenvalue weighted by Gasteiger charge is 2.27. The Labute approximate surface area is 196 Å². The van der Waals surface area contributed by atoms with E-state index < -0.39 is 10.0 Å². The summed E-state index contributed by atoms with van der Waals surface area (Å²) in [4.78, 5) is 24.7. The van der Waals surface area contributed by atoms with Crippen molar-refractivity contribution in [2.75, 3.05) is 32.1 Å². The molecule has 8 nitrogen and oxygen atoms in total. The van der Waals surface area contributed by atoms with E-state index in [0.717, 1.165) is 23.7 Å². The SMILES string of the molecule is COc1ccc(S(=O)(=O)N2CCCCC2)cc1NC(=O)CCNC(=O)c1ccc(Br)cc1. The summed E-state index contributed by atoms with van der Waals surface area (Å²) in [6.45, 7) is 1.12. The van der Waals surface area contributed by atoms with Crippen LogP contribution in [0.4, 0.5) is 5.69 Å². The average molecular weight is 524 g/mol. The lowest BCUT2D eigenvalue weighted by Gasteiger charge is -2.26. The molecule has 10 heteroatoms. The van der Waals surface area contributed by atoms with Crippen LogP contribution in [-0.2, 0) is 14.8 Å².